The smallest absolute Gasteiger partial charge is 0.119 e. The summed E-state index contributed by atoms with van der Waals surface area (Å²) in [5.74, 6) is 0.846. The second-order valence-electron chi connectivity index (χ2n) is 9.85. The molecule has 0 spiro atoms. The Morgan fingerprint density at radius 2 is 0.974 bits per heavy atom. The molecular weight excluding hydrogens is 474 g/mol. The number of hydrogen-bond donors (Lipinski definition) is 0. The molecule has 0 aliphatic heterocycles. The third-order valence-corrected chi connectivity index (χ3v) is 7.45. The molecule has 7 aromatic carbocycles. The molecule has 7 rings (SSSR count). The van der Waals surface area contributed by atoms with Crippen molar-refractivity contribution in [2.24, 2.45) is 0 Å². The molecule has 2 heteroatoms. The minimum Gasteiger partial charge on any atom is -0.497 e. The molecule has 0 heterocycles. The van der Waals surface area contributed by atoms with Crippen LogP contribution in [0, 0.1) is 0 Å². The number of ether oxygens (including phenoxy) is 1. The molecule has 0 aliphatic rings. The highest BCUT2D eigenvalue weighted by molar-refractivity contribution is 6.23. The average Bonchev–Trinajstić information content (AvgIpc) is 3.00. The van der Waals surface area contributed by atoms with E-state index in [1.54, 1.807) is 7.11 Å². The van der Waals surface area contributed by atoms with Crippen LogP contribution in [0.1, 0.15) is 11.1 Å². The highest BCUT2D eigenvalue weighted by Gasteiger charge is 2.12. The van der Waals surface area contributed by atoms with E-state index < -0.39 is 0 Å². The molecule has 0 N–H and O–H groups in total. The maximum absolute atomic E-state index is 5.37. The van der Waals surface area contributed by atoms with E-state index in [0.717, 1.165) is 28.4 Å². The van der Waals surface area contributed by atoms with E-state index in [0.29, 0.717) is 0 Å². The molecule has 0 amide bonds. The monoisotopic (exact) mass is 501 g/mol. The van der Waals surface area contributed by atoms with Gasteiger partial charge >= 0.3 is 0 Å². The van der Waals surface area contributed by atoms with Crippen molar-refractivity contribution < 1.29 is 4.74 Å². The van der Waals surface area contributed by atoms with Crippen LogP contribution in [-0.2, 0) is 0 Å². The van der Waals surface area contributed by atoms with Gasteiger partial charge < -0.3 is 9.64 Å². The van der Waals surface area contributed by atoms with Crippen molar-refractivity contribution in [1.29, 1.82) is 0 Å². The predicted octanol–water partition coefficient (Wildman–Crippen LogP) is 10.2. The van der Waals surface area contributed by atoms with E-state index >= 15 is 0 Å². The molecule has 0 unspecified atom stereocenters. The van der Waals surface area contributed by atoms with Gasteiger partial charge in [0.15, 0.2) is 0 Å². The summed E-state index contributed by atoms with van der Waals surface area (Å²) < 4.78 is 5.37. The standard InChI is InChI=1S/C37H27NO/c1-39-35-22-20-34(21-23-35)38(32-8-3-2-4-9-32)33-18-12-26(13-19-33)10-11-27-24-30-16-14-28-6-5-7-29-15-17-31(25-27)37(30)36(28)29/h2-25H,1H3. The van der Waals surface area contributed by atoms with E-state index in [1.165, 1.54) is 37.9 Å². The third kappa shape index (κ3) is 4.26. The molecule has 0 radical (unpaired) electrons. The van der Waals surface area contributed by atoms with Gasteiger partial charge in [0.05, 0.1) is 7.11 Å². The van der Waals surface area contributed by atoms with Crippen molar-refractivity contribution in [3.05, 3.63) is 145 Å². The topological polar surface area (TPSA) is 12.5 Å². The number of anilines is 3. The maximum atomic E-state index is 5.37. The molecule has 0 bridgehead atoms. The lowest BCUT2D eigenvalue weighted by Crippen LogP contribution is -2.09. The first-order valence-corrected chi connectivity index (χ1v) is 13.2. The summed E-state index contributed by atoms with van der Waals surface area (Å²) in [4.78, 5) is 2.26. The van der Waals surface area contributed by atoms with Gasteiger partial charge in [-0.05, 0) is 104 Å². The van der Waals surface area contributed by atoms with E-state index in [4.69, 9.17) is 4.74 Å². The van der Waals surface area contributed by atoms with Crippen LogP contribution in [0.5, 0.6) is 5.75 Å². The zero-order chi connectivity index (χ0) is 26.2. The molecule has 0 saturated heterocycles. The van der Waals surface area contributed by atoms with Gasteiger partial charge in [0.2, 0.25) is 0 Å². The summed E-state index contributed by atoms with van der Waals surface area (Å²) in [5, 5.41) is 7.88. The Balaban J connectivity index is 1.21. The van der Waals surface area contributed by atoms with Gasteiger partial charge in [-0.1, -0.05) is 84.9 Å². The largest absolute Gasteiger partial charge is 0.497 e. The number of methoxy groups -OCH3 is 1. The minimum absolute atomic E-state index is 0.846. The van der Waals surface area contributed by atoms with Crippen LogP contribution in [0.2, 0.25) is 0 Å². The summed E-state index contributed by atoms with van der Waals surface area (Å²) in [6, 6.07) is 47.4. The SMILES string of the molecule is COc1ccc(N(c2ccccc2)c2ccc(C=Cc3cc4ccc5cccc6ccc(c3)c4c56)cc2)cc1. The second kappa shape index (κ2) is 9.66. The average molecular weight is 502 g/mol. The van der Waals surface area contributed by atoms with Crippen molar-refractivity contribution in [3.8, 4) is 5.75 Å². The zero-order valence-corrected chi connectivity index (χ0v) is 21.7. The molecule has 0 saturated carbocycles. The van der Waals surface area contributed by atoms with Gasteiger partial charge in [0.25, 0.3) is 0 Å². The van der Waals surface area contributed by atoms with Crippen LogP contribution in [0.3, 0.4) is 0 Å². The molecule has 0 atom stereocenters. The maximum Gasteiger partial charge on any atom is 0.119 e. The molecule has 0 aliphatic carbocycles. The van der Waals surface area contributed by atoms with Gasteiger partial charge in [-0.3, -0.25) is 0 Å². The van der Waals surface area contributed by atoms with Crippen LogP contribution >= 0.6 is 0 Å². The number of rotatable bonds is 6. The van der Waals surface area contributed by atoms with Crippen molar-refractivity contribution in [2.75, 3.05) is 12.0 Å². The van der Waals surface area contributed by atoms with Crippen LogP contribution in [0.25, 0.3) is 44.5 Å². The van der Waals surface area contributed by atoms with Crippen molar-refractivity contribution >= 4 is 61.5 Å². The minimum atomic E-state index is 0.846. The Bertz CT molecular complexity index is 1860. The first-order valence-electron chi connectivity index (χ1n) is 13.2. The van der Waals surface area contributed by atoms with E-state index in [9.17, 15) is 0 Å². The Morgan fingerprint density at radius 3 is 1.59 bits per heavy atom. The Kier molecular flexibility index (Phi) is 5.71. The van der Waals surface area contributed by atoms with Crippen LogP contribution < -0.4 is 9.64 Å². The highest BCUT2D eigenvalue weighted by atomic mass is 16.5. The Hall–Kier alpha value is -5.08. The lowest BCUT2D eigenvalue weighted by molar-refractivity contribution is 0.415. The van der Waals surface area contributed by atoms with Crippen LogP contribution in [0.4, 0.5) is 17.1 Å². The van der Waals surface area contributed by atoms with Gasteiger partial charge in [-0.15, -0.1) is 0 Å². The van der Waals surface area contributed by atoms with Gasteiger partial charge in [0, 0.05) is 17.1 Å². The number of para-hydroxylation sites is 1. The molecule has 2 nitrogen and oxygen atoms in total. The summed E-state index contributed by atoms with van der Waals surface area (Å²) in [6.45, 7) is 0. The molecule has 7 aromatic rings. The fourth-order valence-corrected chi connectivity index (χ4v) is 5.56. The summed E-state index contributed by atoms with van der Waals surface area (Å²) in [5.41, 5.74) is 5.66. The lowest BCUT2D eigenvalue weighted by atomic mass is 9.93. The first kappa shape index (κ1) is 23.1. The van der Waals surface area contributed by atoms with Gasteiger partial charge in [-0.25, -0.2) is 0 Å². The Morgan fingerprint density at radius 1 is 0.462 bits per heavy atom. The van der Waals surface area contributed by atoms with E-state index in [1.807, 2.05) is 18.2 Å². The summed E-state index contributed by atoms with van der Waals surface area (Å²) >= 11 is 0. The van der Waals surface area contributed by atoms with Crippen molar-refractivity contribution in [1.82, 2.24) is 0 Å². The van der Waals surface area contributed by atoms with E-state index in [2.05, 4.69) is 132 Å². The van der Waals surface area contributed by atoms with Crippen LogP contribution in [-0.4, -0.2) is 7.11 Å². The van der Waals surface area contributed by atoms with Crippen molar-refractivity contribution in [2.45, 2.75) is 0 Å². The fraction of sp³-hybridized carbons (Fsp3) is 0.0270. The lowest BCUT2D eigenvalue weighted by Gasteiger charge is -2.25. The summed E-state index contributed by atoms with van der Waals surface area (Å²) in [7, 11) is 1.69. The fourth-order valence-electron chi connectivity index (χ4n) is 5.56. The molecule has 186 valence electrons. The predicted molar refractivity (Wildman–Crippen MR) is 167 cm³/mol. The zero-order valence-electron chi connectivity index (χ0n) is 21.7. The highest BCUT2D eigenvalue weighted by Crippen LogP contribution is 2.37. The van der Waals surface area contributed by atoms with Crippen molar-refractivity contribution in [3.63, 3.8) is 0 Å². The quantitative estimate of drug-likeness (QED) is 0.166. The number of hydrogen-bond acceptors (Lipinski definition) is 2. The molecular formula is C37H27NO. The van der Waals surface area contributed by atoms with E-state index in [-0.39, 0.29) is 0 Å². The molecule has 39 heavy (non-hydrogen) atoms. The molecule has 0 fully saturated rings. The normalized spacial score (nSPS) is 11.6. The number of benzene rings is 7. The number of nitrogens with zero attached hydrogens (tertiary/aromatic N) is 1. The van der Waals surface area contributed by atoms with Gasteiger partial charge in [0.1, 0.15) is 5.75 Å². The first-order chi connectivity index (χ1) is 19.3. The van der Waals surface area contributed by atoms with Crippen LogP contribution in [0.15, 0.2) is 133 Å². The molecule has 0 aromatic heterocycles. The third-order valence-electron chi connectivity index (χ3n) is 7.45. The second-order valence-corrected chi connectivity index (χ2v) is 9.85. The Labute approximate surface area is 228 Å². The van der Waals surface area contributed by atoms with Gasteiger partial charge in [-0.2, -0.15) is 0 Å². The summed E-state index contributed by atoms with van der Waals surface area (Å²) in [6.07, 6.45) is 4.40.